The van der Waals surface area contributed by atoms with E-state index in [1.165, 1.54) is 0 Å². The van der Waals surface area contributed by atoms with E-state index in [9.17, 15) is 0 Å². The summed E-state index contributed by atoms with van der Waals surface area (Å²) in [4.78, 5) is 4.42. The normalized spacial score (nSPS) is 10.5. The molecular formula is C14H19N3O2. The van der Waals surface area contributed by atoms with Gasteiger partial charge in [-0.15, -0.1) is 0 Å². The number of imidazole rings is 1. The van der Waals surface area contributed by atoms with Gasteiger partial charge in [-0.1, -0.05) is 6.07 Å². The molecule has 2 rings (SSSR count). The third-order valence-corrected chi connectivity index (χ3v) is 2.97. The van der Waals surface area contributed by atoms with Gasteiger partial charge in [0.05, 0.1) is 14.2 Å². The average molecular weight is 261 g/mol. The molecule has 0 aliphatic carbocycles. The van der Waals surface area contributed by atoms with Crippen LogP contribution in [0.4, 0.5) is 0 Å². The van der Waals surface area contributed by atoms with Crippen LogP contribution in [0.2, 0.25) is 0 Å². The second-order valence-corrected chi connectivity index (χ2v) is 4.12. The van der Waals surface area contributed by atoms with Crippen LogP contribution in [0.5, 0.6) is 11.5 Å². The molecule has 0 aliphatic rings. The van der Waals surface area contributed by atoms with Gasteiger partial charge in [-0.25, -0.2) is 4.98 Å². The van der Waals surface area contributed by atoms with Crippen LogP contribution >= 0.6 is 0 Å². The Kier molecular flexibility index (Phi) is 4.41. The van der Waals surface area contributed by atoms with Gasteiger partial charge in [-0.2, -0.15) is 0 Å². The number of aryl methyl sites for hydroxylation is 1. The molecule has 0 unspecified atom stereocenters. The lowest BCUT2D eigenvalue weighted by atomic mass is 10.1. The van der Waals surface area contributed by atoms with Crippen LogP contribution in [-0.4, -0.2) is 30.3 Å². The monoisotopic (exact) mass is 261 g/mol. The van der Waals surface area contributed by atoms with Crippen LogP contribution < -0.4 is 15.2 Å². The van der Waals surface area contributed by atoms with Crippen LogP contribution in [-0.2, 0) is 6.54 Å². The molecule has 1 heterocycles. The third kappa shape index (κ3) is 2.71. The Bertz CT molecular complexity index is 515. The largest absolute Gasteiger partial charge is 0.496 e. The summed E-state index contributed by atoms with van der Waals surface area (Å²) in [7, 11) is 3.29. The molecule has 0 saturated carbocycles. The Labute approximate surface area is 113 Å². The molecule has 0 saturated heterocycles. The summed E-state index contributed by atoms with van der Waals surface area (Å²) >= 11 is 0. The van der Waals surface area contributed by atoms with Gasteiger partial charge >= 0.3 is 0 Å². The van der Waals surface area contributed by atoms with E-state index in [4.69, 9.17) is 15.2 Å². The van der Waals surface area contributed by atoms with Crippen LogP contribution in [0.3, 0.4) is 0 Å². The molecule has 19 heavy (non-hydrogen) atoms. The summed E-state index contributed by atoms with van der Waals surface area (Å²) in [6.45, 7) is 1.48. The Hall–Kier alpha value is -2.01. The second-order valence-electron chi connectivity index (χ2n) is 4.12. The van der Waals surface area contributed by atoms with Crippen molar-refractivity contribution in [2.75, 3.05) is 20.8 Å². The van der Waals surface area contributed by atoms with Crippen molar-refractivity contribution in [2.24, 2.45) is 5.73 Å². The summed E-state index contributed by atoms with van der Waals surface area (Å²) in [5, 5.41) is 0. The first-order chi connectivity index (χ1) is 9.31. The SMILES string of the molecule is COc1cccc(OC)c1-c1nccn1CCCN. The van der Waals surface area contributed by atoms with Gasteiger partial charge < -0.3 is 19.8 Å². The maximum Gasteiger partial charge on any atom is 0.147 e. The maximum absolute atomic E-state index is 5.56. The van der Waals surface area contributed by atoms with Gasteiger partial charge in [0, 0.05) is 18.9 Å². The van der Waals surface area contributed by atoms with Crippen molar-refractivity contribution in [3.8, 4) is 22.9 Å². The molecule has 5 heteroatoms. The van der Waals surface area contributed by atoms with E-state index in [0.29, 0.717) is 6.54 Å². The Morgan fingerprint density at radius 2 is 1.89 bits per heavy atom. The first kappa shape index (κ1) is 13.4. The number of benzene rings is 1. The molecule has 1 aromatic carbocycles. The Morgan fingerprint density at radius 1 is 1.21 bits per heavy atom. The number of hydrogen-bond donors (Lipinski definition) is 1. The number of hydrogen-bond acceptors (Lipinski definition) is 4. The van der Waals surface area contributed by atoms with E-state index < -0.39 is 0 Å². The summed E-state index contributed by atoms with van der Waals surface area (Å²) in [5.41, 5.74) is 6.43. The molecule has 0 fully saturated rings. The number of nitrogens with zero attached hydrogens (tertiary/aromatic N) is 2. The fourth-order valence-corrected chi connectivity index (χ4v) is 2.05. The van der Waals surface area contributed by atoms with Crippen LogP contribution in [0.25, 0.3) is 11.4 Å². The molecule has 0 spiro atoms. The molecular weight excluding hydrogens is 242 g/mol. The fourth-order valence-electron chi connectivity index (χ4n) is 2.05. The van der Waals surface area contributed by atoms with Crippen molar-refractivity contribution in [3.05, 3.63) is 30.6 Å². The van der Waals surface area contributed by atoms with Crippen LogP contribution in [0, 0.1) is 0 Å². The zero-order chi connectivity index (χ0) is 13.7. The number of rotatable bonds is 6. The molecule has 0 radical (unpaired) electrons. The van der Waals surface area contributed by atoms with Crippen LogP contribution in [0.15, 0.2) is 30.6 Å². The van der Waals surface area contributed by atoms with E-state index in [1.807, 2.05) is 24.4 Å². The fraction of sp³-hybridized carbons (Fsp3) is 0.357. The topological polar surface area (TPSA) is 62.3 Å². The molecule has 1 aromatic heterocycles. The van der Waals surface area contributed by atoms with E-state index in [0.717, 1.165) is 35.9 Å². The standard InChI is InChI=1S/C14H19N3O2/c1-18-11-5-3-6-12(19-2)13(11)14-16-8-10-17(14)9-4-7-15/h3,5-6,8,10H,4,7,9,15H2,1-2H3. The van der Waals surface area contributed by atoms with Crippen molar-refractivity contribution in [3.63, 3.8) is 0 Å². The number of nitrogens with two attached hydrogens (primary N) is 1. The first-order valence-corrected chi connectivity index (χ1v) is 6.24. The van der Waals surface area contributed by atoms with Crippen LogP contribution in [0.1, 0.15) is 6.42 Å². The minimum Gasteiger partial charge on any atom is -0.496 e. The van der Waals surface area contributed by atoms with E-state index in [2.05, 4.69) is 9.55 Å². The van der Waals surface area contributed by atoms with Crippen molar-refractivity contribution in [1.29, 1.82) is 0 Å². The van der Waals surface area contributed by atoms with Gasteiger partial charge in [-0.05, 0) is 25.1 Å². The minimum atomic E-state index is 0.653. The summed E-state index contributed by atoms with van der Waals surface area (Å²) in [6, 6.07) is 5.70. The van der Waals surface area contributed by atoms with Gasteiger partial charge in [0.15, 0.2) is 0 Å². The van der Waals surface area contributed by atoms with Gasteiger partial charge in [0.25, 0.3) is 0 Å². The maximum atomic E-state index is 5.56. The van der Waals surface area contributed by atoms with Gasteiger partial charge in [0.1, 0.15) is 22.9 Å². The Morgan fingerprint density at radius 3 is 2.47 bits per heavy atom. The summed E-state index contributed by atoms with van der Waals surface area (Å²) in [5.74, 6) is 2.34. The zero-order valence-electron chi connectivity index (χ0n) is 11.3. The first-order valence-electron chi connectivity index (χ1n) is 6.24. The van der Waals surface area contributed by atoms with Crippen molar-refractivity contribution < 1.29 is 9.47 Å². The molecule has 0 aliphatic heterocycles. The van der Waals surface area contributed by atoms with Gasteiger partial charge in [0.2, 0.25) is 0 Å². The highest BCUT2D eigenvalue weighted by atomic mass is 16.5. The number of methoxy groups -OCH3 is 2. The summed E-state index contributed by atoms with van der Waals surface area (Å²) < 4.78 is 12.9. The van der Waals surface area contributed by atoms with Crippen molar-refractivity contribution in [1.82, 2.24) is 9.55 Å². The summed E-state index contributed by atoms with van der Waals surface area (Å²) in [6.07, 6.45) is 4.62. The van der Waals surface area contributed by atoms with Crippen molar-refractivity contribution in [2.45, 2.75) is 13.0 Å². The van der Waals surface area contributed by atoms with Gasteiger partial charge in [-0.3, -0.25) is 0 Å². The Balaban J connectivity index is 2.48. The van der Waals surface area contributed by atoms with E-state index in [-0.39, 0.29) is 0 Å². The highest BCUT2D eigenvalue weighted by molar-refractivity contribution is 5.72. The lowest BCUT2D eigenvalue weighted by Crippen LogP contribution is -2.07. The predicted octanol–water partition coefficient (Wildman–Crippen LogP) is 1.92. The van der Waals surface area contributed by atoms with E-state index in [1.54, 1.807) is 20.4 Å². The van der Waals surface area contributed by atoms with E-state index >= 15 is 0 Å². The average Bonchev–Trinajstić information content (AvgIpc) is 2.91. The molecule has 0 amide bonds. The smallest absolute Gasteiger partial charge is 0.147 e. The predicted molar refractivity (Wildman–Crippen MR) is 74.4 cm³/mol. The molecule has 0 bridgehead atoms. The highest BCUT2D eigenvalue weighted by Crippen LogP contribution is 2.37. The quantitative estimate of drug-likeness (QED) is 0.863. The molecule has 102 valence electrons. The highest BCUT2D eigenvalue weighted by Gasteiger charge is 2.16. The molecule has 2 aromatic rings. The minimum absolute atomic E-state index is 0.653. The third-order valence-electron chi connectivity index (χ3n) is 2.97. The molecule has 5 nitrogen and oxygen atoms in total. The lowest BCUT2D eigenvalue weighted by Gasteiger charge is -2.14. The zero-order valence-corrected chi connectivity index (χ0v) is 11.3. The number of ether oxygens (including phenoxy) is 2. The second kappa shape index (κ2) is 6.24. The molecule has 2 N–H and O–H groups in total. The number of aromatic nitrogens is 2. The molecule has 0 atom stereocenters. The lowest BCUT2D eigenvalue weighted by molar-refractivity contribution is 0.396. The van der Waals surface area contributed by atoms with Crippen molar-refractivity contribution >= 4 is 0 Å².